The van der Waals surface area contributed by atoms with Gasteiger partial charge in [0.25, 0.3) is 5.91 Å². The Balaban J connectivity index is 1.59. The largest absolute Gasteiger partial charge is 0.497 e. The molecular formula is C19H17N3O5. The molecule has 1 N–H and O–H groups in total. The van der Waals surface area contributed by atoms with Crippen LogP contribution < -0.4 is 14.8 Å². The van der Waals surface area contributed by atoms with Crippen molar-refractivity contribution < 1.29 is 23.6 Å². The average molecular weight is 367 g/mol. The topological polar surface area (TPSA) is 104 Å². The first-order chi connectivity index (χ1) is 13.0. The molecule has 0 aliphatic heterocycles. The van der Waals surface area contributed by atoms with Crippen LogP contribution in [0.15, 0.2) is 53.1 Å². The highest BCUT2D eigenvalue weighted by Crippen LogP contribution is 2.19. The van der Waals surface area contributed by atoms with Crippen molar-refractivity contribution in [2.24, 2.45) is 0 Å². The SMILES string of the molecule is COc1ccc(-c2noc(CNC(=O)c3ccc(OC(C)=O)cc3)n2)cc1. The number of carbonyl (C=O) groups excluding carboxylic acids is 2. The number of benzene rings is 2. The molecule has 0 unspecified atom stereocenters. The number of amides is 1. The van der Waals surface area contributed by atoms with Crippen molar-refractivity contribution in [3.63, 3.8) is 0 Å². The number of aromatic nitrogens is 2. The van der Waals surface area contributed by atoms with Crippen LogP contribution in [0.25, 0.3) is 11.4 Å². The zero-order valence-corrected chi connectivity index (χ0v) is 14.8. The second kappa shape index (κ2) is 8.13. The van der Waals surface area contributed by atoms with E-state index < -0.39 is 5.97 Å². The predicted octanol–water partition coefficient (Wildman–Crippen LogP) is 2.60. The van der Waals surface area contributed by atoms with Crippen LogP contribution in [0.1, 0.15) is 23.2 Å². The molecular weight excluding hydrogens is 350 g/mol. The Morgan fingerprint density at radius 1 is 1.04 bits per heavy atom. The van der Waals surface area contributed by atoms with Crippen molar-refractivity contribution >= 4 is 11.9 Å². The van der Waals surface area contributed by atoms with Crippen LogP contribution in [0, 0.1) is 0 Å². The summed E-state index contributed by atoms with van der Waals surface area (Å²) in [7, 11) is 1.59. The Morgan fingerprint density at radius 3 is 2.33 bits per heavy atom. The number of methoxy groups -OCH3 is 1. The molecule has 0 saturated carbocycles. The summed E-state index contributed by atoms with van der Waals surface area (Å²) in [5.41, 5.74) is 1.19. The van der Waals surface area contributed by atoms with Crippen LogP contribution in [-0.2, 0) is 11.3 Å². The molecule has 2 aromatic carbocycles. The number of hydrogen-bond acceptors (Lipinski definition) is 7. The number of hydrogen-bond donors (Lipinski definition) is 1. The van der Waals surface area contributed by atoms with Gasteiger partial charge in [-0.15, -0.1) is 0 Å². The van der Waals surface area contributed by atoms with Gasteiger partial charge in [0, 0.05) is 18.1 Å². The fraction of sp³-hybridized carbons (Fsp3) is 0.158. The smallest absolute Gasteiger partial charge is 0.308 e. The second-order valence-corrected chi connectivity index (χ2v) is 5.54. The Labute approximate surface area is 155 Å². The summed E-state index contributed by atoms with van der Waals surface area (Å²) < 4.78 is 15.2. The van der Waals surface area contributed by atoms with Gasteiger partial charge in [-0.3, -0.25) is 9.59 Å². The first-order valence-corrected chi connectivity index (χ1v) is 8.09. The van der Waals surface area contributed by atoms with Crippen LogP contribution in [0.5, 0.6) is 11.5 Å². The Hall–Kier alpha value is -3.68. The summed E-state index contributed by atoms with van der Waals surface area (Å²) in [6, 6.07) is 13.4. The Morgan fingerprint density at radius 2 is 1.70 bits per heavy atom. The van der Waals surface area contributed by atoms with Gasteiger partial charge in [0.15, 0.2) is 0 Å². The molecule has 0 bridgehead atoms. The van der Waals surface area contributed by atoms with Crippen LogP contribution in [0.4, 0.5) is 0 Å². The average Bonchev–Trinajstić information content (AvgIpc) is 3.15. The van der Waals surface area contributed by atoms with Crippen LogP contribution in [-0.4, -0.2) is 29.1 Å². The highest BCUT2D eigenvalue weighted by atomic mass is 16.5. The summed E-state index contributed by atoms with van der Waals surface area (Å²) in [4.78, 5) is 27.3. The van der Waals surface area contributed by atoms with Crippen LogP contribution >= 0.6 is 0 Å². The van der Waals surface area contributed by atoms with E-state index in [-0.39, 0.29) is 18.3 Å². The van der Waals surface area contributed by atoms with E-state index in [1.54, 1.807) is 43.5 Å². The Kier molecular flexibility index (Phi) is 5.46. The molecule has 0 saturated heterocycles. The van der Waals surface area contributed by atoms with Crippen LogP contribution in [0.3, 0.4) is 0 Å². The molecule has 1 amide bonds. The standard InChI is InChI=1S/C19H17N3O5/c1-12(23)26-16-9-5-14(6-10-16)19(24)20-11-17-21-18(22-27-17)13-3-7-15(25-2)8-4-13/h3-10H,11H2,1-2H3,(H,20,24). The number of nitrogens with one attached hydrogen (secondary N) is 1. The van der Waals surface area contributed by atoms with Gasteiger partial charge < -0.3 is 19.3 Å². The first-order valence-electron chi connectivity index (χ1n) is 8.09. The molecule has 1 aromatic heterocycles. The van der Waals surface area contributed by atoms with Crippen molar-refractivity contribution in [1.29, 1.82) is 0 Å². The van der Waals surface area contributed by atoms with E-state index in [9.17, 15) is 9.59 Å². The van der Waals surface area contributed by atoms with E-state index in [1.165, 1.54) is 6.92 Å². The van der Waals surface area contributed by atoms with E-state index in [0.29, 0.717) is 17.1 Å². The number of nitrogens with zero attached hydrogens (tertiary/aromatic N) is 2. The minimum Gasteiger partial charge on any atom is -0.497 e. The lowest BCUT2D eigenvalue weighted by atomic mass is 10.2. The number of rotatable bonds is 6. The van der Waals surface area contributed by atoms with Gasteiger partial charge in [-0.2, -0.15) is 4.98 Å². The van der Waals surface area contributed by atoms with Gasteiger partial charge >= 0.3 is 5.97 Å². The highest BCUT2D eigenvalue weighted by Gasteiger charge is 2.11. The van der Waals surface area contributed by atoms with Gasteiger partial charge in [0.1, 0.15) is 11.5 Å². The van der Waals surface area contributed by atoms with Gasteiger partial charge in [0.2, 0.25) is 11.7 Å². The van der Waals surface area contributed by atoms with E-state index in [1.807, 2.05) is 12.1 Å². The molecule has 3 rings (SSSR count). The Bertz CT molecular complexity index is 933. The van der Waals surface area contributed by atoms with Crippen molar-refractivity contribution in [2.45, 2.75) is 13.5 Å². The first kappa shape index (κ1) is 18.1. The molecule has 1 heterocycles. The third-order valence-electron chi connectivity index (χ3n) is 3.59. The molecule has 0 radical (unpaired) electrons. The van der Waals surface area contributed by atoms with E-state index in [4.69, 9.17) is 14.0 Å². The molecule has 3 aromatic rings. The third kappa shape index (κ3) is 4.69. The molecule has 27 heavy (non-hydrogen) atoms. The van der Waals surface area contributed by atoms with Gasteiger partial charge in [-0.1, -0.05) is 5.16 Å². The van der Waals surface area contributed by atoms with Crippen molar-refractivity contribution in [1.82, 2.24) is 15.5 Å². The molecule has 8 nitrogen and oxygen atoms in total. The lowest BCUT2D eigenvalue weighted by molar-refractivity contribution is -0.131. The highest BCUT2D eigenvalue weighted by molar-refractivity contribution is 5.94. The summed E-state index contributed by atoms with van der Waals surface area (Å²) >= 11 is 0. The number of carbonyl (C=O) groups is 2. The maximum atomic E-state index is 12.2. The predicted molar refractivity (Wildman–Crippen MR) is 95.2 cm³/mol. The zero-order valence-electron chi connectivity index (χ0n) is 14.8. The second-order valence-electron chi connectivity index (χ2n) is 5.54. The maximum Gasteiger partial charge on any atom is 0.308 e. The normalized spacial score (nSPS) is 10.3. The summed E-state index contributed by atoms with van der Waals surface area (Å²) in [5.74, 6) is 1.08. The van der Waals surface area contributed by atoms with E-state index >= 15 is 0 Å². The maximum absolute atomic E-state index is 12.2. The van der Waals surface area contributed by atoms with Gasteiger partial charge in [-0.05, 0) is 48.5 Å². The van der Waals surface area contributed by atoms with E-state index in [2.05, 4.69) is 15.5 Å². The minimum atomic E-state index is -0.420. The molecule has 0 fully saturated rings. The zero-order chi connectivity index (χ0) is 19.2. The third-order valence-corrected chi connectivity index (χ3v) is 3.59. The fourth-order valence-electron chi connectivity index (χ4n) is 2.28. The molecule has 0 spiro atoms. The molecule has 0 aliphatic carbocycles. The van der Waals surface area contributed by atoms with Crippen LogP contribution in [0.2, 0.25) is 0 Å². The van der Waals surface area contributed by atoms with E-state index in [0.717, 1.165) is 11.3 Å². The van der Waals surface area contributed by atoms with Gasteiger partial charge in [0.05, 0.1) is 13.7 Å². The minimum absolute atomic E-state index is 0.0910. The lowest BCUT2D eigenvalue weighted by Crippen LogP contribution is -2.22. The molecule has 138 valence electrons. The molecule has 0 atom stereocenters. The van der Waals surface area contributed by atoms with Crippen molar-refractivity contribution in [2.75, 3.05) is 7.11 Å². The quantitative estimate of drug-likeness (QED) is 0.527. The monoisotopic (exact) mass is 367 g/mol. The van der Waals surface area contributed by atoms with Crippen molar-refractivity contribution in [3.8, 4) is 22.9 Å². The summed E-state index contributed by atoms with van der Waals surface area (Å²) in [6.07, 6.45) is 0. The lowest BCUT2D eigenvalue weighted by Gasteiger charge is -2.04. The summed E-state index contributed by atoms with van der Waals surface area (Å²) in [6.45, 7) is 1.40. The molecule has 8 heteroatoms. The number of ether oxygens (including phenoxy) is 2. The van der Waals surface area contributed by atoms with Crippen molar-refractivity contribution in [3.05, 3.63) is 60.0 Å². The van der Waals surface area contributed by atoms with Gasteiger partial charge in [-0.25, -0.2) is 0 Å². The molecule has 0 aliphatic rings. The fourth-order valence-corrected chi connectivity index (χ4v) is 2.28. The number of esters is 1. The summed E-state index contributed by atoms with van der Waals surface area (Å²) in [5, 5.41) is 6.60.